The molecule has 1 spiro atoms. The number of nitrogens with zero attached hydrogens (tertiary/aromatic N) is 3. The summed E-state index contributed by atoms with van der Waals surface area (Å²) in [6, 6.07) is 8.76. The van der Waals surface area contributed by atoms with Gasteiger partial charge in [-0.2, -0.15) is 0 Å². The number of rotatable bonds is 6. The third kappa shape index (κ3) is 3.62. The number of amides is 3. The monoisotopic (exact) mass is 479 g/mol. The maximum Gasteiger partial charge on any atom is 0.249 e. The highest BCUT2D eigenvalue weighted by Crippen LogP contribution is 2.57. The van der Waals surface area contributed by atoms with Crippen LogP contribution in [-0.2, 0) is 25.7 Å². The van der Waals surface area contributed by atoms with E-state index < -0.39 is 29.1 Å². The molecule has 8 heteroatoms. The first-order valence-corrected chi connectivity index (χ1v) is 12.4. The van der Waals surface area contributed by atoms with Gasteiger partial charge in [0.1, 0.15) is 11.6 Å². The number of benzene rings is 1. The van der Waals surface area contributed by atoms with Crippen LogP contribution in [0.3, 0.4) is 0 Å². The highest BCUT2D eigenvalue weighted by atomic mass is 16.5. The molecule has 0 aromatic heterocycles. The van der Waals surface area contributed by atoms with Crippen LogP contribution in [0.2, 0.25) is 0 Å². The van der Waals surface area contributed by atoms with E-state index in [1.807, 2.05) is 68.5 Å². The van der Waals surface area contributed by atoms with E-state index in [0.717, 1.165) is 12.0 Å². The van der Waals surface area contributed by atoms with Crippen LogP contribution in [0.15, 0.2) is 54.6 Å². The van der Waals surface area contributed by atoms with Gasteiger partial charge in [-0.25, -0.2) is 0 Å². The van der Waals surface area contributed by atoms with E-state index in [9.17, 15) is 19.5 Å². The summed E-state index contributed by atoms with van der Waals surface area (Å²) in [5.74, 6) is -2.24. The summed E-state index contributed by atoms with van der Waals surface area (Å²) in [6.45, 7) is 5.42. The van der Waals surface area contributed by atoms with E-state index in [0.29, 0.717) is 26.2 Å². The predicted molar refractivity (Wildman–Crippen MR) is 129 cm³/mol. The van der Waals surface area contributed by atoms with E-state index >= 15 is 0 Å². The summed E-state index contributed by atoms with van der Waals surface area (Å²) in [4.78, 5) is 46.7. The van der Waals surface area contributed by atoms with Crippen molar-refractivity contribution in [3.8, 4) is 0 Å². The van der Waals surface area contributed by atoms with Gasteiger partial charge in [-0.3, -0.25) is 14.4 Å². The predicted octanol–water partition coefficient (Wildman–Crippen LogP) is 1.36. The number of fused-ring (bicyclic) bond motifs is 2. The van der Waals surface area contributed by atoms with Gasteiger partial charge in [-0.05, 0) is 18.9 Å². The number of carbonyl (C=O) groups excluding carboxylic acids is 3. The molecule has 1 aromatic rings. The molecule has 0 radical (unpaired) electrons. The zero-order valence-electron chi connectivity index (χ0n) is 20.3. The summed E-state index contributed by atoms with van der Waals surface area (Å²) in [5.41, 5.74) is -1.30. The number of hydrogen-bond donors (Lipinski definition) is 1. The molecule has 4 heterocycles. The molecule has 35 heavy (non-hydrogen) atoms. The van der Waals surface area contributed by atoms with E-state index in [-0.39, 0.29) is 30.9 Å². The van der Waals surface area contributed by atoms with E-state index in [1.54, 1.807) is 9.80 Å². The fourth-order valence-electron chi connectivity index (χ4n) is 6.38. The van der Waals surface area contributed by atoms with Crippen molar-refractivity contribution in [2.75, 3.05) is 32.8 Å². The number of ether oxygens (including phenoxy) is 1. The van der Waals surface area contributed by atoms with Gasteiger partial charge in [-0.15, -0.1) is 0 Å². The Kier molecular flexibility index (Phi) is 6.05. The first-order valence-electron chi connectivity index (χ1n) is 12.4. The van der Waals surface area contributed by atoms with Crippen LogP contribution in [-0.4, -0.2) is 87.6 Å². The molecule has 186 valence electrons. The minimum Gasteiger partial charge on any atom is -0.395 e. The third-order valence-electron chi connectivity index (χ3n) is 7.77. The van der Waals surface area contributed by atoms with Crippen LogP contribution in [0.4, 0.5) is 0 Å². The van der Waals surface area contributed by atoms with E-state index in [2.05, 4.69) is 0 Å². The Bertz CT molecular complexity index is 1070. The lowest BCUT2D eigenvalue weighted by molar-refractivity contribution is -0.153. The number of likely N-dealkylation sites (tertiary alicyclic amines) is 1. The van der Waals surface area contributed by atoms with Crippen molar-refractivity contribution in [3.05, 3.63) is 60.2 Å². The normalized spacial score (nSPS) is 34.1. The quantitative estimate of drug-likeness (QED) is 0.623. The summed E-state index contributed by atoms with van der Waals surface area (Å²) in [6.07, 6.45) is 8.35. The highest BCUT2D eigenvalue weighted by Gasteiger charge is 2.74. The average molecular weight is 480 g/mol. The molecule has 4 aliphatic rings. The van der Waals surface area contributed by atoms with E-state index in [4.69, 9.17) is 4.74 Å². The van der Waals surface area contributed by atoms with Crippen molar-refractivity contribution >= 4 is 17.7 Å². The molecule has 1 aromatic carbocycles. The maximum absolute atomic E-state index is 14.0. The fourth-order valence-corrected chi connectivity index (χ4v) is 6.38. The third-order valence-corrected chi connectivity index (χ3v) is 7.77. The second-order valence-electron chi connectivity index (χ2n) is 10.0. The number of aliphatic hydroxyl groups is 1. The molecule has 3 amide bonds. The summed E-state index contributed by atoms with van der Waals surface area (Å²) < 4.78 is 6.73. The van der Waals surface area contributed by atoms with Crippen LogP contribution in [0.5, 0.6) is 0 Å². The largest absolute Gasteiger partial charge is 0.395 e. The van der Waals surface area contributed by atoms with Gasteiger partial charge in [0.2, 0.25) is 17.7 Å². The minimum absolute atomic E-state index is 0.00993. The molecule has 0 saturated carbocycles. The van der Waals surface area contributed by atoms with Gasteiger partial charge >= 0.3 is 0 Å². The topological polar surface area (TPSA) is 90.4 Å². The molecule has 2 saturated heterocycles. The Hall–Kier alpha value is -2.97. The van der Waals surface area contributed by atoms with E-state index in [1.165, 1.54) is 4.90 Å². The zero-order chi connectivity index (χ0) is 24.8. The summed E-state index contributed by atoms with van der Waals surface area (Å²) >= 11 is 0. The Morgan fingerprint density at radius 3 is 2.37 bits per heavy atom. The summed E-state index contributed by atoms with van der Waals surface area (Å²) in [5, 5.41) is 9.78. The standard InChI is InChI=1S/C27H33N3O5/c1-3-13-28-14-7-11-26(2)20(23(28)32)21-24(33)30(16-17-31)22-25(34)29(15-8-12-27(21,22)35-26)18-19-9-5-4-6-10-19/h4-12,20-22,31H,3,13-18H2,1-2H3/t20-,21+,22?,26+,27+/m1/s1. The number of aliphatic hydroxyl groups excluding tert-OH is 1. The van der Waals surface area contributed by atoms with Crippen molar-refractivity contribution < 1.29 is 24.2 Å². The van der Waals surface area contributed by atoms with Gasteiger partial charge in [-0.1, -0.05) is 61.6 Å². The first kappa shape index (κ1) is 23.8. The van der Waals surface area contributed by atoms with Crippen molar-refractivity contribution in [1.29, 1.82) is 0 Å². The summed E-state index contributed by atoms with van der Waals surface area (Å²) in [7, 11) is 0. The van der Waals surface area contributed by atoms with Gasteiger partial charge < -0.3 is 24.5 Å². The lowest BCUT2D eigenvalue weighted by Gasteiger charge is -2.37. The number of β-amino-alcohol motifs (C(OH)–C–C–N with tert-alkyl or cyclic N) is 1. The van der Waals surface area contributed by atoms with Crippen LogP contribution < -0.4 is 0 Å². The van der Waals surface area contributed by atoms with Crippen LogP contribution in [0.25, 0.3) is 0 Å². The Labute approximate surface area is 205 Å². The zero-order valence-corrected chi connectivity index (χ0v) is 20.3. The second kappa shape index (κ2) is 8.91. The molecule has 2 fully saturated rings. The number of hydrogen-bond acceptors (Lipinski definition) is 5. The van der Waals surface area contributed by atoms with Gasteiger partial charge in [0.25, 0.3) is 0 Å². The van der Waals surface area contributed by atoms with Crippen LogP contribution in [0.1, 0.15) is 25.8 Å². The Morgan fingerprint density at radius 2 is 1.66 bits per heavy atom. The van der Waals surface area contributed by atoms with Gasteiger partial charge in [0.15, 0.2) is 0 Å². The lowest BCUT2D eigenvalue weighted by Crippen LogP contribution is -2.56. The molecule has 4 aliphatic heterocycles. The van der Waals surface area contributed by atoms with Crippen molar-refractivity contribution in [2.45, 2.75) is 44.1 Å². The average Bonchev–Trinajstić information content (AvgIpc) is 3.11. The minimum atomic E-state index is -1.27. The van der Waals surface area contributed by atoms with Gasteiger partial charge in [0.05, 0.1) is 24.0 Å². The van der Waals surface area contributed by atoms with Crippen LogP contribution >= 0.6 is 0 Å². The molecule has 5 atom stereocenters. The molecular weight excluding hydrogens is 446 g/mol. The molecule has 1 unspecified atom stereocenters. The molecule has 5 rings (SSSR count). The maximum atomic E-state index is 14.0. The molecule has 8 nitrogen and oxygen atoms in total. The molecule has 0 bridgehead atoms. The first-order chi connectivity index (χ1) is 16.9. The van der Waals surface area contributed by atoms with Crippen LogP contribution in [0, 0.1) is 11.8 Å². The Morgan fingerprint density at radius 1 is 0.943 bits per heavy atom. The fraction of sp³-hybridized carbons (Fsp3) is 0.519. The molecule has 1 N–H and O–H groups in total. The second-order valence-corrected chi connectivity index (χ2v) is 10.0. The molecule has 0 aliphatic carbocycles. The van der Waals surface area contributed by atoms with Crippen molar-refractivity contribution in [1.82, 2.24) is 14.7 Å². The van der Waals surface area contributed by atoms with Gasteiger partial charge in [0, 0.05) is 32.7 Å². The highest BCUT2D eigenvalue weighted by molar-refractivity contribution is 6.00. The lowest BCUT2D eigenvalue weighted by atomic mass is 9.74. The molecular formula is C27H33N3O5. The Balaban J connectivity index is 1.58. The number of carbonyl (C=O) groups is 3. The smallest absolute Gasteiger partial charge is 0.249 e. The van der Waals surface area contributed by atoms with Crippen molar-refractivity contribution in [3.63, 3.8) is 0 Å². The van der Waals surface area contributed by atoms with Crippen molar-refractivity contribution in [2.24, 2.45) is 11.8 Å². The SMILES string of the molecule is CCCN1CC=C[C@]2(C)O[C@]34C=CCN(Cc5ccccc5)C(=O)C3N(CCO)C(=O)[C@@H]4[C@@H]2C1=O.